The van der Waals surface area contributed by atoms with Gasteiger partial charge in [-0.05, 0) is 51.2 Å². The first-order valence-corrected chi connectivity index (χ1v) is 6.50. The predicted molar refractivity (Wildman–Crippen MR) is 67.3 cm³/mol. The molecule has 1 atom stereocenters. The lowest BCUT2D eigenvalue weighted by Crippen LogP contribution is -2.05. The molecule has 1 aromatic heterocycles. The topological polar surface area (TPSA) is 26.0 Å². The van der Waals surface area contributed by atoms with Crippen LogP contribution in [0.25, 0.3) is 0 Å². The second-order valence-electron chi connectivity index (χ2n) is 4.57. The zero-order valence-electron chi connectivity index (χ0n) is 9.55. The van der Waals surface area contributed by atoms with Gasteiger partial charge in [-0.2, -0.15) is 0 Å². The van der Waals surface area contributed by atoms with Crippen molar-refractivity contribution in [2.45, 2.75) is 45.6 Å². The molecular formula is C13H19NS. The Morgan fingerprint density at radius 1 is 1.40 bits per heavy atom. The zero-order chi connectivity index (χ0) is 10.8. The molecule has 0 spiro atoms. The molecular weight excluding hydrogens is 202 g/mol. The van der Waals surface area contributed by atoms with Gasteiger partial charge in [0.25, 0.3) is 0 Å². The molecule has 1 aliphatic carbocycles. The maximum absolute atomic E-state index is 6.14. The minimum atomic E-state index is 0.102. The van der Waals surface area contributed by atoms with E-state index in [1.54, 1.807) is 10.4 Å². The van der Waals surface area contributed by atoms with Gasteiger partial charge in [0.05, 0.1) is 6.04 Å². The summed E-state index contributed by atoms with van der Waals surface area (Å²) in [4.78, 5) is 2.91. The van der Waals surface area contributed by atoms with Gasteiger partial charge in [0, 0.05) is 9.75 Å². The molecule has 82 valence electrons. The number of hydrogen-bond acceptors (Lipinski definition) is 2. The Labute approximate surface area is 96.0 Å². The van der Waals surface area contributed by atoms with Crippen molar-refractivity contribution in [2.75, 3.05) is 0 Å². The molecule has 15 heavy (non-hydrogen) atoms. The van der Waals surface area contributed by atoms with Gasteiger partial charge in [0.1, 0.15) is 0 Å². The van der Waals surface area contributed by atoms with E-state index in [0.717, 1.165) is 0 Å². The number of aryl methyl sites for hydroxylation is 2. The Balaban J connectivity index is 2.22. The van der Waals surface area contributed by atoms with Crippen LogP contribution < -0.4 is 5.73 Å². The van der Waals surface area contributed by atoms with Crippen molar-refractivity contribution in [1.29, 1.82) is 0 Å². The number of rotatable bonds is 2. The third kappa shape index (κ3) is 2.50. The summed E-state index contributed by atoms with van der Waals surface area (Å²) in [5, 5.41) is 0. The lowest BCUT2D eigenvalue weighted by Gasteiger charge is -2.08. The second-order valence-corrected chi connectivity index (χ2v) is 5.74. The summed E-state index contributed by atoms with van der Waals surface area (Å²) in [6, 6.07) is 2.43. The lowest BCUT2D eigenvalue weighted by molar-refractivity contribution is 0.697. The fraction of sp³-hybridized carbons (Fsp3) is 0.538. The monoisotopic (exact) mass is 221 g/mol. The van der Waals surface area contributed by atoms with E-state index in [1.807, 2.05) is 11.3 Å². The molecule has 0 radical (unpaired) electrons. The highest BCUT2D eigenvalue weighted by atomic mass is 32.1. The standard InChI is InChI=1S/C13H19NS/c1-9(2)7-11(14)13-8-10-5-3-4-6-12(10)15-13/h7-8,11H,3-6,14H2,1-2H3. The van der Waals surface area contributed by atoms with Crippen LogP contribution in [0.1, 0.15) is 48.0 Å². The molecule has 1 nitrogen and oxygen atoms in total. The predicted octanol–water partition coefficient (Wildman–Crippen LogP) is 3.59. The summed E-state index contributed by atoms with van der Waals surface area (Å²) in [6.07, 6.45) is 7.37. The Kier molecular flexibility index (Phi) is 3.27. The molecule has 1 heterocycles. The minimum Gasteiger partial charge on any atom is -0.320 e. The molecule has 2 rings (SSSR count). The Hall–Kier alpha value is -0.600. The average molecular weight is 221 g/mol. The van der Waals surface area contributed by atoms with Crippen molar-refractivity contribution >= 4 is 11.3 Å². The van der Waals surface area contributed by atoms with Crippen LogP contribution >= 0.6 is 11.3 Å². The largest absolute Gasteiger partial charge is 0.320 e. The highest BCUT2D eigenvalue weighted by Crippen LogP contribution is 2.32. The molecule has 2 heteroatoms. The van der Waals surface area contributed by atoms with E-state index >= 15 is 0 Å². The number of fused-ring (bicyclic) bond motifs is 1. The van der Waals surface area contributed by atoms with E-state index in [2.05, 4.69) is 26.0 Å². The molecule has 0 fully saturated rings. The number of hydrogen-bond donors (Lipinski definition) is 1. The van der Waals surface area contributed by atoms with Gasteiger partial charge < -0.3 is 5.73 Å². The van der Waals surface area contributed by atoms with E-state index in [9.17, 15) is 0 Å². The normalized spacial score (nSPS) is 17.0. The number of thiophene rings is 1. The van der Waals surface area contributed by atoms with Crippen LogP contribution in [-0.4, -0.2) is 0 Å². The van der Waals surface area contributed by atoms with Gasteiger partial charge in [-0.15, -0.1) is 11.3 Å². The van der Waals surface area contributed by atoms with Gasteiger partial charge >= 0.3 is 0 Å². The van der Waals surface area contributed by atoms with E-state index in [0.29, 0.717) is 0 Å². The van der Waals surface area contributed by atoms with Crippen molar-refractivity contribution in [3.8, 4) is 0 Å². The Morgan fingerprint density at radius 3 is 2.80 bits per heavy atom. The fourth-order valence-electron chi connectivity index (χ4n) is 2.12. The van der Waals surface area contributed by atoms with Crippen LogP contribution in [0.2, 0.25) is 0 Å². The van der Waals surface area contributed by atoms with Crippen LogP contribution in [0.5, 0.6) is 0 Å². The third-order valence-corrected chi connectivity index (χ3v) is 4.20. The maximum atomic E-state index is 6.14. The van der Waals surface area contributed by atoms with Crippen molar-refractivity contribution in [3.05, 3.63) is 33.0 Å². The molecule has 1 aliphatic rings. The molecule has 1 aromatic rings. The first-order chi connectivity index (χ1) is 7.16. The Bertz CT molecular complexity index is 348. The highest BCUT2D eigenvalue weighted by molar-refractivity contribution is 7.12. The zero-order valence-corrected chi connectivity index (χ0v) is 10.4. The van der Waals surface area contributed by atoms with Gasteiger partial charge in [0.15, 0.2) is 0 Å². The van der Waals surface area contributed by atoms with Gasteiger partial charge in [-0.25, -0.2) is 0 Å². The fourth-order valence-corrected chi connectivity index (χ4v) is 3.35. The van der Waals surface area contributed by atoms with E-state index in [1.165, 1.54) is 36.1 Å². The van der Waals surface area contributed by atoms with Crippen molar-refractivity contribution < 1.29 is 0 Å². The maximum Gasteiger partial charge on any atom is 0.0578 e. The summed E-state index contributed by atoms with van der Waals surface area (Å²) in [5.74, 6) is 0. The van der Waals surface area contributed by atoms with Crippen LogP contribution in [-0.2, 0) is 12.8 Å². The Morgan fingerprint density at radius 2 is 2.13 bits per heavy atom. The summed E-state index contributed by atoms with van der Waals surface area (Å²) in [6.45, 7) is 4.21. The SMILES string of the molecule is CC(C)=CC(N)c1cc2c(s1)CCCC2. The summed E-state index contributed by atoms with van der Waals surface area (Å²) < 4.78 is 0. The lowest BCUT2D eigenvalue weighted by atomic mass is 9.99. The quantitative estimate of drug-likeness (QED) is 0.759. The minimum absolute atomic E-state index is 0.102. The van der Waals surface area contributed by atoms with Crippen molar-refractivity contribution in [3.63, 3.8) is 0 Å². The molecule has 0 amide bonds. The first kappa shape index (κ1) is 10.9. The van der Waals surface area contributed by atoms with Crippen LogP contribution in [0.15, 0.2) is 17.7 Å². The summed E-state index contributed by atoms with van der Waals surface area (Å²) >= 11 is 1.92. The molecule has 0 saturated carbocycles. The van der Waals surface area contributed by atoms with Crippen LogP contribution in [0.4, 0.5) is 0 Å². The summed E-state index contributed by atoms with van der Waals surface area (Å²) in [5.41, 5.74) is 9.00. The van der Waals surface area contributed by atoms with E-state index in [-0.39, 0.29) is 6.04 Å². The molecule has 0 bridgehead atoms. The van der Waals surface area contributed by atoms with Gasteiger partial charge in [-0.3, -0.25) is 0 Å². The third-order valence-electron chi connectivity index (χ3n) is 2.86. The van der Waals surface area contributed by atoms with Gasteiger partial charge in [-0.1, -0.05) is 11.6 Å². The smallest absolute Gasteiger partial charge is 0.0578 e. The molecule has 2 N–H and O–H groups in total. The second kappa shape index (κ2) is 4.50. The van der Waals surface area contributed by atoms with Crippen LogP contribution in [0, 0.1) is 0 Å². The molecule has 0 aromatic carbocycles. The highest BCUT2D eigenvalue weighted by Gasteiger charge is 2.15. The van der Waals surface area contributed by atoms with Gasteiger partial charge in [0.2, 0.25) is 0 Å². The van der Waals surface area contributed by atoms with E-state index < -0.39 is 0 Å². The average Bonchev–Trinajstić information content (AvgIpc) is 2.59. The summed E-state index contributed by atoms with van der Waals surface area (Å²) in [7, 11) is 0. The molecule has 1 unspecified atom stereocenters. The van der Waals surface area contributed by atoms with Crippen LogP contribution in [0.3, 0.4) is 0 Å². The number of allylic oxidation sites excluding steroid dienone is 1. The number of nitrogens with two attached hydrogens (primary N) is 1. The first-order valence-electron chi connectivity index (χ1n) is 5.69. The van der Waals surface area contributed by atoms with Crippen molar-refractivity contribution in [1.82, 2.24) is 0 Å². The molecule has 0 aliphatic heterocycles. The molecule has 0 saturated heterocycles. The van der Waals surface area contributed by atoms with Crippen molar-refractivity contribution in [2.24, 2.45) is 5.73 Å². The van der Waals surface area contributed by atoms with E-state index in [4.69, 9.17) is 5.73 Å².